The Morgan fingerprint density at radius 2 is 2.07 bits per heavy atom. The van der Waals surface area contributed by atoms with Crippen LogP contribution in [0.4, 0.5) is 4.39 Å². The van der Waals surface area contributed by atoms with Crippen molar-refractivity contribution in [2.24, 2.45) is 5.73 Å². The third kappa shape index (κ3) is 1.53. The van der Waals surface area contributed by atoms with Gasteiger partial charge in [0.15, 0.2) is 0 Å². The van der Waals surface area contributed by atoms with E-state index in [1.165, 1.54) is 0 Å². The second-order valence-corrected chi connectivity index (χ2v) is 3.89. The van der Waals surface area contributed by atoms with Crippen LogP contribution in [0.1, 0.15) is 16.8 Å². The Morgan fingerprint density at radius 3 is 2.73 bits per heavy atom. The predicted octanol–water partition coefficient (Wildman–Crippen LogP) is 2.43. The Labute approximate surface area is 88.3 Å². The van der Waals surface area contributed by atoms with E-state index in [1.54, 1.807) is 13.0 Å². The minimum Gasteiger partial charge on any atom is -0.358 e. The highest BCUT2D eigenvalue weighted by Crippen LogP contribution is 2.26. The number of nitrogens with two attached hydrogens (primary N) is 1. The number of rotatable bonds is 2. The first-order chi connectivity index (χ1) is 7.15. The van der Waals surface area contributed by atoms with Crippen LogP contribution in [0.2, 0.25) is 0 Å². The maximum atomic E-state index is 13.9. The van der Waals surface area contributed by atoms with Crippen molar-refractivity contribution in [1.29, 1.82) is 0 Å². The van der Waals surface area contributed by atoms with Crippen LogP contribution in [0.15, 0.2) is 12.1 Å². The number of benzene rings is 1. The molecule has 3 heteroatoms. The van der Waals surface area contributed by atoms with Crippen molar-refractivity contribution in [1.82, 2.24) is 4.98 Å². The largest absolute Gasteiger partial charge is 0.358 e. The molecule has 0 spiro atoms. The van der Waals surface area contributed by atoms with Gasteiger partial charge in [-0.05, 0) is 44.0 Å². The summed E-state index contributed by atoms with van der Waals surface area (Å²) in [4.78, 5) is 3.18. The summed E-state index contributed by atoms with van der Waals surface area (Å²) in [5.74, 6) is -0.125. The molecular weight excluding hydrogens is 191 g/mol. The molecule has 1 aromatic heterocycles. The summed E-state index contributed by atoms with van der Waals surface area (Å²) in [5, 5.41) is 0.706. The van der Waals surface area contributed by atoms with Crippen molar-refractivity contribution in [3.8, 4) is 0 Å². The summed E-state index contributed by atoms with van der Waals surface area (Å²) in [5.41, 5.74) is 9.09. The number of aromatic nitrogens is 1. The number of fused-ring (bicyclic) bond motifs is 1. The van der Waals surface area contributed by atoms with Crippen LogP contribution < -0.4 is 5.73 Å². The molecule has 0 unspecified atom stereocenters. The van der Waals surface area contributed by atoms with E-state index in [-0.39, 0.29) is 5.82 Å². The van der Waals surface area contributed by atoms with E-state index in [0.29, 0.717) is 23.9 Å². The second kappa shape index (κ2) is 3.66. The predicted molar refractivity (Wildman–Crippen MR) is 60.5 cm³/mol. The molecule has 3 N–H and O–H groups in total. The molecule has 0 atom stereocenters. The van der Waals surface area contributed by atoms with Crippen LogP contribution in [0.3, 0.4) is 0 Å². The van der Waals surface area contributed by atoms with Gasteiger partial charge >= 0.3 is 0 Å². The van der Waals surface area contributed by atoms with Gasteiger partial charge in [0, 0.05) is 16.6 Å². The van der Waals surface area contributed by atoms with Gasteiger partial charge in [-0.2, -0.15) is 0 Å². The average Bonchev–Trinajstić information content (AvgIpc) is 2.51. The van der Waals surface area contributed by atoms with Crippen molar-refractivity contribution in [3.63, 3.8) is 0 Å². The lowest BCUT2D eigenvalue weighted by Gasteiger charge is -2.01. The molecule has 0 saturated heterocycles. The van der Waals surface area contributed by atoms with Gasteiger partial charge in [0.2, 0.25) is 0 Å². The third-order valence-corrected chi connectivity index (χ3v) is 2.81. The molecule has 0 fully saturated rings. The highest BCUT2D eigenvalue weighted by Gasteiger charge is 2.13. The maximum absolute atomic E-state index is 13.9. The minimum absolute atomic E-state index is 0.125. The smallest absolute Gasteiger partial charge is 0.135 e. The number of H-pyrrole nitrogens is 1. The van der Waals surface area contributed by atoms with Crippen molar-refractivity contribution in [3.05, 3.63) is 34.8 Å². The number of hydrogen-bond donors (Lipinski definition) is 2. The van der Waals surface area contributed by atoms with Crippen LogP contribution in [0.5, 0.6) is 0 Å². The first kappa shape index (κ1) is 10.2. The summed E-state index contributed by atoms with van der Waals surface area (Å²) in [7, 11) is 0. The molecular formula is C12H15FN2. The van der Waals surface area contributed by atoms with Crippen molar-refractivity contribution in [2.75, 3.05) is 6.54 Å². The van der Waals surface area contributed by atoms with Gasteiger partial charge in [-0.25, -0.2) is 4.39 Å². The van der Waals surface area contributed by atoms with Gasteiger partial charge in [-0.1, -0.05) is 6.07 Å². The Morgan fingerprint density at radius 1 is 1.33 bits per heavy atom. The minimum atomic E-state index is -0.125. The van der Waals surface area contributed by atoms with Crippen LogP contribution in [0.25, 0.3) is 10.9 Å². The number of aromatic amines is 1. The first-order valence-corrected chi connectivity index (χ1v) is 5.11. The molecule has 2 aromatic rings. The van der Waals surface area contributed by atoms with E-state index in [2.05, 4.69) is 4.98 Å². The van der Waals surface area contributed by atoms with E-state index in [0.717, 1.165) is 16.8 Å². The highest BCUT2D eigenvalue weighted by molar-refractivity contribution is 5.86. The fourth-order valence-electron chi connectivity index (χ4n) is 2.00. The summed E-state index contributed by atoms with van der Waals surface area (Å²) in [6, 6.07) is 3.71. The van der Waals surface area contributed by atoms with Crippen molar-refractivity contribution >= 4 is 10.9 Å². The monoisotopic (exact) mass is 206 g/mol. The molecule has 1 heterocycles. The van der Waals surface area contributed by atoms with E-state index >= 15 is 0 Å². The molecule has 80 valence electrons. The molecule has 0 aliphatic rings. The van der Waals surface area contributed by atoms with Gasteiger partial charge in [0.1, 0.15) is 5.82 Å². The summed E-state index contributed by atoms with van der Waals surface area (Å²) in [6.45, 7) is 4.28. The zero-order chi connectivity index (χ0) is 11.0. The Kier molecular flexibility index (Phi) is 2.49. The lowest BCUT2D eigenvalue weighted by atomic mass is 10.1. The summed E-state index contributed by atoms with van der Waals surface area (Å²) in [6.07, 6.45) is 0.714. The molecule has 2 rings (SSSR count). The van der Waals surface area contributed by atoms with Gasteiger partial charge in [-0.3, -0.25) is 0 Å². The third-order valence-electron chi connectivity index (χ3n) is 2.81. The number of hydrogen-bond acceptors (Lipinski definition) is 1. The Balaban J connectivity index is 2.77. The topological polar surface area (TPSA) is 41.8 Å². The Hall–Kier alpha value is -1.35. The SMILES string of the molecule is Cc1ccc2[nH]c(C)c(CCN)c2c1F. The van der Waals surface area contributed by atoms with E-state index in [9.17, 15) is 4.39 Å². The zero-order valence-electron chi connectivity index (χ0n) is 9.02. The van der Waals surface area contributed by atoms with Crippen LogP contribution in [-0.4, -0.2) is 11.5 Å². The Bertz CT molecular complexity index is 500. The second-order valence-electron chi connectivity index (χ2n) is 3.89. The molecule has 0 aliphatic heterocycles. The van der Waals surface area contributed by atoms with Crippen molar-refractivity contribution < 1.29 is 4.39 Å². The van der Waals surface area contributed by atoms with E-state index in [4.69, 9.17) is 5.73 Å². The molecule has 0 amide bonds. The molecule has 0 radical (unpaired) electrons. The molecule has 0 saturated carbocycles. The number of halogens is 1. The van der Waals surface area contributed by atoms with Gasteiger partial charge < -0.3 is 10.7 Å². The fraction of sp³-hybridized carbons (Fsp3) is 0.333. The quantitative estimate of drug-likeness (QED) is 0.778. The molecule has 2 nitrogen and oxygen atoms in total. The normalized spacial score (nSPS) is 11.2. The van der Waals surface area contributed by atoms with Gasteiger partial charge in [-0.15, -0.1) is 0 Å². The van der Waals surface area contributed by atoms with Gasteiger partial charge in [0.25, 0.3) is 0 Å². The van der Waals surface area contributed by atoms with E-state index in [1.807, 2.05) is 13.0 Å². The van der Waals surface area contributed by atoms with Crippen LogP contribution in [-0.2, 0) is 6.42 Å². The summed E-state index contributed by atoms with van der Waals surface area (Å²) >= 11 is 0. The first-order valence-electron chi connectivity index (χ1n) is 5.11. The lowest BCUT2D eigenvalue weighted by Crippen LogP contribution is -2.03. The van der Waals surface area contributed by atoms with Crippen LogP contribution in [0, 0.1) is 19.7 Å². The van der Waals surface area contributed by atoms with E-state index < -0.39 is 0 Å². The molecule has 1 aromatic carbocycles. The standard InChI is InChI=1S/C12H15FN2/c1-7-3-4-10-11(12(7)13)9(5-6-14)8(2)15-10/h3-4,15H,5-6,14H2,1-2H3. The number of aryl methyl sites for hydroxylation is 2. The summed E-state index contributed by atoms with van der Waals surface area (Å²) < 4.78 is 13.9. The zero-order valence-corrected chi connectivity index (χ0v) is 9.02. The fourth-order valence-corrected chi connectivity index (χ4v) is 2.00. The average molecular weight is 206 g/mol. The van der Waals surface area contributed by atoms with Crippen molar-refractivity contribution in [2.45, 2.75) is 20.3 Å². The highest BCUT2D eigenvalue weighted by atomic mass is 19.1. The maximum Gasteiger partial charge on any atom is 0.135 e. The molecule has 0 bridgehead atoms. The van der Waals surface area contributed by atoms with Gasteiger partial charge in [0.05, 0.1) is 0 Å². The number of nitrogens with one attached hydrogen (secondary N) is 1. The lowest BCUT2D eigenvalue weighted by molar-refractivity contribution is 0.630. The molecule has 15 heavy (non-hydrogen) atoms. The van der Waals surface area contributed by atoms with Crippen LogP contribution >= 0.6 is 0 Å². The molecule has 0 aliphatic carbocycles.